The zero-order valence-corrected chi connectivity index (χ0v) is 11.0. The molecule has 3 nitrogen and oxygen atoms in total. The quantitative estimate of drug-likeness (QED) is 0.768. The summed E-state index contributed by atoms with van der Waals surface area (Å²) in [5.41, 5.74) is 1.04. The lowest BCUT2D eigenvalue weighted by atomic mass is 9.85. The Morgan fingerprint density at radius 2 is 1.78 bits per heavy atom. The molecule has 1 fully saturated rings. The molecule has 0 heterocycles. The van der Waals surface area contributed by atoms with Gasteiger partial charge in [-0.15, -0.1) is 0 Å². The topological polar surface area (TPSA) is 35.5 Å². The van der Waals surface area contributed by atoms with Crippen LogP contribution in [0.4, 0.5) is 0 Å². The second-order valence-electron chi connectivity index (χ2n) is 4.82. The van der Waals surface area contributed by atoms with E-state index in [1.54, 1.807) is 7.11 Å². The maximum atomic E-state index is 12.0. The molecule has 0 amide bonds. The van der Waals surface area contributed by atoms with Gasteiger partial charge in [-0.25, -0.2) is 0 Å². The van der Waals surface area contributed by atoms with Crippen molar-refractivity contribution >= 4 is 5.97 Å². The molecule has 0 unspecified atom stereocenters. The number of rotatable bonds is 4. The van der Waals surface area contributed by atoms with Gasteiger partial charge in [0.05, 0.1) is 20.1 Å². The smallest absolute Gasteiger partial charge is 0.313 e. The Labute approximate surface area is 108 Å². The third kappa shape index (κ3) is 2.66. The predicted molar refractivity (Wildman–Crippen MR) is 69.7 cm³/mol. The molecule has 1 aromatic carbocycles. The minimum Gasteiger partial charge on any atom is -0.497 e. The molecule has 0 N–H and O–H groups in total. The van der Waals surface area contributed by atoms with Gasteiger partial charge in [-0.1, -0.05) is 25.0 Å². The monoisotopic (exact) mass is 248 g/mol. The lowest BCUT2D eigenvalue weighted by Crippen LogP contribution is -2.21. The highest BCUT2D eigenvalue weighted by Gasteiger charge is 2.32. The summed E-state index contributed by atoms with van der Waals surface area (Å²) in [6.07, 6.45) is 4.67. The SMILES string of the molecule is COC(=O)[C@@H](c1ccc(OC)cc1)C1CCCC1. The zero-order valence-electron chi connectivity index (χ0n) is 11.0. The highest BCUT2D eigenvalue weighted by molar-refractivity contribution is 5.78. The van der Waals surface area contributed by atoms with Gasteiger partial charge in [0, 0.05) is 0 Å². The summed E-state index contributed by atoms with van der Waals surface area (Å²) < 4.78 is 10.1. The Balaban J connectivity index is 2.23. The van der Waals surface area contributed by atoms with Gasteiger partial charge in [-0.2, -0.15) is 0 Å². The first-order valence-corrected chi connectivity index (χ1v) is 6.48. The van der Waals surface area contributed by atoms with Crippen LogP contribution in [-0.4, -0.2) is 20.2 Å². The minimum absolute atomic E-state index is 0.118. The van der Waals surface area contributed by atoms with Crippen LogP contribution in [0.3, 0.4) is 0 Å². The molecule has 1 aromatic rings. The second kappa shape index (κ2) is 5.89. The number of hydrogen-bond acceptors (Lipinski definition) is 3. The summed E-state index contributed by atoms with van der Waals surface area (Å²) in [5.74, 6) is 0.995. The Bertz CT molecular complexity index is 391. The molecule has 3 heteroatoms. The molecule has 1 atom stereocenters. The lowest BCUT2D eigenvalue weighted by Gasteiger charge is -2.21. The van der Waals surface area contributed by atoms with Crippen LogP contribution in [0.15, 0.2) is 24.3 Å². The average Bonchev–Trinajstić information content (AvgIpc) is 2.93. The average molecular weight is 248 g/mol. The number of hydrogen-bond donors (Lipinski definition) is 0. The van der Waals surface area contributed by atoms with Crippen molar-refractivity contribution in [2.75, 3.05) is 14.2 Å². The summed E-state index contributed by atoms with van der Waals surface area (Å²) in [5, 5.41) is 0. The van der Waals surface area contributed by atoms with Gasteiger partial charge in [-0.05, 0) is 36.5 Å². The Morgan fingerprint density at radius 1 is 1.17 bits per heavy atom. The van der Waals surface area contributed by atoms with Crippen LogP contribution in [-0.2, 0) is 9.53 Å². The number of carbonyl (C=O) groups excluding carboxylic acids is 1. The molecule has 1 saturated carbocycles. The van der Waals surface area contributed by atoms with Crippen molar-refractivity contribution in [1.29, 1.82) is 0 Å². The zero-order chi connectivity index (χ0) is 13.0. The molecule has 98 valence electrons. The van der Waals surface area contributed by atoms with E-state index in [-0.39, 0.29) is 11.9 Å². The van der Waals surface area contributed by atoms with Crippen LogP contribution in [0, 0.1) is 5.92 Å². The first kappa shape index (κ1) is 12.9. The Hall–Kier alpha value is -1.51. The van der Waals surface area contributed by atoms with Crippen LogP contribution in [0.1, 0.15) is 37.2 Å². The van der Waals surface area contributed by atoms with Crippen molar-refractivity contribution in [1.82, 2.24) is 0 Å². The fourth-order valence-corrected chi connectivity index (χ4v) is 2.83. The van der Waals surface area contributed by atoms with E-state index in [2.05, 4.69) is 0 Å². The van der Waals surface area contributed by atoms with E-state index in [0.717, 1.165) is 24.2 Å². The summed E-state index contributed by atoms with van der Waals surface area (Å²) in [7, 11) is 3.11. The van der Waals surface area contributed by atoms with Gasteiger partial charge in [0.2, 0.25) is 0 Å². The minimum atomic E-state index is -0.122. The second-order valence-corrected chi connectivity index (χ2v) is 4.82. The van der Waals surface area contributed by atoms with Gasteiger partial charge < -0.3 is 9.47 Å². The highest BCUT2D eigenvalue weighted by Crippen LogP contribution is 2.38. The Morgan fingerprint density at radius 3 is 2.28 bits per heavy atom. The maximum absolute atomic E-state index is 12.0. The van der Waals surface area contributed by atoms with Gasteiger partial charge >= 0.3 is 5.97 Å². The third-order valence-corrected chi connectivity index (χ3v) is 3.80. The largest absolute Gasteiger partial charge is 0.497 e. The van der Waals surface area contributed by atoms with Gasteiger partial charge in [0.15, 0.2) is 0 Å². The van der Waals surface area contributed by atoms with Crippen LogP contribution < -0.4 is 4.74 Å². The first-order chi connectivity index (χ1) is 8.76. The number of esters is 1. The van der Waals surface area contributed by atoms with Crippen LogP contribution in [0.25, 0.3) is 0 Å². The first-order valence-electron chi connectivity index (χ1n) is 6.48. The number of carbonyl (C=O) groups is 1. The maximum Gasteiger partial charge on any atom is 0.313 e. The molecule has 0 aliphatic heterocycles. The fraction of sp³-hybridized carbons (Fsp3) is 0.533. The van der Waals surface area contributed by atoms with E-state index in [4.69, 9.17) is 9.47 Å². The van der Waals surface area contributed by atoms with Crippen molar-refractivity contribution in [3.05, 3.63) is 29.8 Å². The van der Waals surface area contributed by atoms with Gasteiger partial charge in [0.25, 0.3) is 0 Å². The van der Waals surface area contributed by atoms with Gasteiger partial charge in [0.1, 0.15) is 5.75 Å². The molecule has 0 aromatic heterocycles. The van der Waals surface area contributed by atoms with E-state index < -0.39 is 0 Å². The number of ether oxygens (including phenoxy) is 2. The summed E-state index contributed by atoms with van der Waals surface area (Å²) >= 11 is 0. The van der Waals surface area contributed by atoms with Crippen LogP contribution in [0.5, 0.6) is 5.75 Å². The summed E-state index contributed by atoms with van der Waals surface area (Å²) in [4.78, 5) is 12.0. The van der Waals surface area contributed by atoms with E-state index in [9.17, 15) is 4.79 Å². The molecular formula is C15H20O3. The standard InChI is InChI=1S/C15H20O3/c1-17-13-9-7-12(8-10-13)14(15(16)18-2)11-5-3-4-6-11/h7-11,14H,3-6H2,1-2H3/t14-/m1/s1. The van der Waals surface area contributed by atoms with Crippen molar-refractivity contribution in [2.24, 2.45) is 5.92 Å². The van der Waals surface area contributed by atoms with E-state index >= 15 is 0 Å². The third-order valence-electron chi connectivity index (χ3n) is 3.80. The molecule has 2 rings (SSSR count). The van der Waals surface area contributed by atoms with E-state index in [0.29, 0.717) is 5.92 Å². The molecule has 0 bridgehead atoms. The molecule has 0 radical (unpaired) electrons. The van der Waals surface area contributed by atoms with Crippen LogP contribution >= 0.6 is 0 Å². The predicted octanol–water partition coefficient (Wildman–Crippen LogP) is 3.14. The Kier molecular flexibility index (Phi) is 4.24. The highest BCUT2D eigenvalue weighted by atomic mass is 16.5. The molecule has 0 saturated heterocycles. The van der Waals surface area contributed by atoms with Crippen molar-refractivity contribution < 1.29 is 14.3 Å². The van der Waals surface area contributed by atoms with Crippen molar-refractivity contribution in [2.45, 2.75) is 31.6 Å². The molecule has 0 spiro atoms. The van der Waals surface area contributed by atoms with Crippen LogP contribution in [0.2, 0.25) is 0 Å². The summed E-state index contributed by atoms with van der Waals surface area (Å²) in [6.45, 7) is 0. The number of benzene rings is 1. The van der Waals surface area contributed by atoms with E-state index in [1.807, 2.05) is 24.3 Å². The lowest BCUT2D eigenvalue weighted by molar-refractivity contribution is -0.143. The molecule has 18 heavy (non-hydrogen) atoms. The molecule has 1 aliphatic carbocycles. The van der Waals surface area contributed by atoms with Gasteiger partial charge in [-0.3, -0.25) is 4.79 Å². The molecular weight excluding hydrogens is 228 g/mol. The summed E-state index contributed by atoms with van der Waals surface area (Å²) in [6, 6.07) is 7.75. The van der Waals surface area contributed by atoms with Crippen molar-refractivity contribution in [3.8, 4) is 5.75 Å². The fourth-order valence-electron chi connectivity index (χ4n) is 2.83. The van der Waals surface area contributed by atoms with Crippen molar-refractivity contribution in [3.63, 3.8) is 0 Å². The normalized spacial score (nSPS) is 17.4. The number of methoxy groups -OCH3 is 2. The molecule has 1 aliphatic rings. The van der Waals surface area contributed by atoms with E-state index in [1.165, 1.54) is 20.0 Å².